The Bertz CT molecular complexity index is 737. The molecule has 126 valence electrons. The molecule has 0 spiro atoms. The topological polar surface area (TPSA) is 75.6 Å². The van der Waals surface area contributed by atoms with Gasteiger partial charge in [0.25, 0.3) is 5.91 Å². The van der Waals surface area contributed by atoms with Crippen molar-refractivity contribution in [3.63, 3.8) is 0 Å². The number of rotatable bonds is 5. The van der Waals surface area contributed by atoms with E-state index in [4.69, 9.17) is 27.9 Å². The third-order valence-electron chi connectivity index (χ3n) is 3.19. The number of aliphatic hydroxyl groups excluding tert-OH is 1. The number of carbonyl (C=O) groups excluding carboxylic acids is 2. The van der Waals surface area contributed by atoms with Crippen LogP contribution in [0.1, 0.15) is 18.6 Å². The summed E-state index contributed by atoms with van der Waals surface area (Å²) in [5.74, 6) is -1.51. The fraction of sp³-hybridized carbons (Fsp3) is 0.176. The monoisotopic (exact) mass is 367 g/mol. The average Bonchev–Trinajstić information content (AvgIpc) is 2.58. The highest BCUT2D eigenvalue weighted by Crippen LogP contribution is 2.25. The van der Waals surface area contributed by atoms with Crippen molar-refractivity contribution in [1.82, 2.24) is 0 Å². The van der Waals surface area contributed by atoms with E-state index in [1.54, 1.807) is 36.4 Å². The number of nitrogens with one attached hydrogen (secondary N) is 1. The lowest BCUT2D eigenvalue weighted by molar-refractivity contribution is -0.162. The van der Waals surface area contributed by atoms with E-state index < -0.39 is 24.1 Å². The molecule has 24 heavy (non-hydrogen) atoms. The number of anilines is 1. The van der Waals surface area contributed by atoms with Crippen LogP contribution >= 0.6 is 23.2 Å². The highest BCUT2D eigenvalue weighted by Gasteiger charge is 2.24. The van der Waals surface area contributed by atoms with Gasteiger partial charge in [-0.1, -0.05) is 53.5 Å². The summed E-state index contributed by atoms with van der Waals surface area (Å²) in [6, 6.07) is 12.9. The number of esters is 1. The predicted molar refractivity (Wildman–Crippen MR) is 92.0 cm³/mol. The van der Waals surface area contributed by atoms with E-state index in [0.717, 1.165) is 0 Å². The largest absolute Gasteiger partial charge is 0.450 e. The van der Waals surface area contributed by atoms with E-state index in [2.05, 4.69) is 5.32 Å². The number of halogens is 2. The number of ether oxygens (including phenoxy) is 1. The second-order valence-corrected chi connectivity index (χ2v) is 5.85. The second kappa shape index (κ2) is 8.15. The van der Waals surface area contributed by atoms with Crippen molar-refractivity contribution in [3.05, 3.63) is 64.1 Å². The molecule has 0 fully saturated rings. The average molecular weight is 368 g/mol. The molecular weight excluding hydrogens is 353 g/mol. The van der Waals surface area contributed by atoms with Crippen molar-refractivity contribution in [3.8, 4) is 0 Å². The van der Waals surface area contributed by atoms with Crippen molar-refractivity contribution < 1.29 is 19.4 Å². The zero-order valence-corrected chi connectivity index (χ0v) is 14.2. The van der Waals surface area contributed by atoms with Crippen molar-refractivity contribution in [2.75, 3.05) is 5.32 Å². The van der Waals surface area contributed by atoms with Crippen molar-refractivity contribution in [2.24, 2.45) is 0 Å². The fourth-order valence-electron chi connectivity index (χ4n) is 1.89. The minimum absolute atomic E-state index is 0.301. The molecule has 2 aromatic carbocycles. The smallest absolute Gasteiger partial charge is 0.340 e. The summed E-state index contributed by atoms with van der Waals surface area (Å²) < 4.78 is 4.99. The van der Waals surface area contributed by atoms with Crippen molar-refractivity contribution in [2.45, 2.75) is 19.1 Å². The Morgan fingerprint density at radius 1 is 1.12 bits per heavy atom. The van der Waals surface area contributed by atoms with Gasteiger partial charge >= 0.3 is 5.97 Å². The van der Waals surface area contributed by atoms with Gasteiger partial charge in [0.05, 0.1) is 10.7 Å². The number of carbonyl (C=O) groups is 2. The maximum Gasteiger partial charge on any atom is 0.340 e. The Hall–Kier alpha value is -2.08. The minimum atomic E-state index is -1.46. The summed E-state index contributed by atoms with van der Waals surface area (Å²) in [4.78, 5) is 24.0. The molecule has 0 radical (unpaired) electrons. The van der Waals surface area contributed by atoms with Crippen LogP contribution in [0.4, 0.5) is 5.69 Å². The molecule has 2 rings (SSSR count). The predicted octanol–water partition coefficient (Wildman–Crippen LogP) is 3.60. The van der Waals surface area contributed by atoms with Gasteiger partial charge in [-0.25, -0.2) is 4.79 Å². The third-order valence-corrected chi connectivity index (χ3v) is 3.75. The van der Waals surface area contributed by atoms with Crippen LogP contribution in [0.5, 0.6) is 0 Å². The molecule has 2 aromatic rings. The highest BCUT2D eigenvalue weighted by atomic mass is 35.5. The molecule has 0 aliphatic carbocycles. The molecule has 0 aliphatic rings. The molecule has 0 bridgehead atoms. The van der Waals surface area contributed by atoms with Crippen LogP contribution in [0.15, 0.2) is 48.5 Å². The molecular formula is C17H15Cl2NO4. The van der Waals surface area contributed by atoms with Gasteiger partial charge in [-0.05, 0) is 30.7 Å². The van der Waals surface area contributed by atoms with Crippen LogP contribution in [0, 0.1) is 0 Å². The second-order valence-electron chi connectivity index (χ2n) is 5.01. The first-order chi connectivity index (χ1) is 11.4. The van der Waals surface area contributed by atoms with E-state index in [0.29, 0.717) is 21.3 Å². The molecule has 1 amide bonds. The summed E-state index contributed by atoms with van der Waals surface area (Å²) in [6.07, 6.45) is -2.58. The van der Waals surface area contributed by atoms with E-state index in [9.17, 15) is 14.7 Å². The first kappa shape index (κ1) is 18.3. The number of hydrogen-bond acceptors (Lipinski definition) is 4. The van der Waals surface area contributed by atoms with Gasteiger partial charge in [-0.2, -0.15) is 0 Å². The number of amides is 1. The van der Waals surface area contributed by atoms with Gasteiger partial charge in [0, 0.05) is 5.02 Å². The first-order valence-electron chi connectivity index (χ1n) is 7.08. The summed E-state index contributed by atoms with van der Waals surface area (Å²) in [5, 5.41) is 13.2. The van der Waals surface area contributed by atoms with Crippen LogP contribution in [0.25, 0.3) is 0 Å². The molecule has 2 atom stereocenters. The van der Waals surface area contributed by atoms with E-state index >= 15 is 0 Å². The highest BCUT2D eigenvalue weighted by molar-refractivity contribution is 6.35. The van der Waals surface area contributed by atoms with Gasteiger partial charge in [0.15, 0.2) is 12.2 Å². The van der Waals surface area contributed by atoms with Gasteiger partial charge in [-0.3, -0.25) is 4.79 Å². The van der Waals surface area contributed by atoms with E-state index in [1.165, 1.54) is 19.1 Å². The third kappa shape index (κ3) is 4.71. The molecule has 2 N–H and O–H groups in total. The summed E-state index contributed by atoms with van der Waals surface area (Å²) in [6.45, 7) is 1.39. The summed E-state index contributed by atoms with van der Waals surface area (Å²) >= 11 is 11.8. The van der Waals surface area contributed by atoms with Crippen LogP contribution in [0.3, 0.4) is 0 Å². The molecule has 0 heterocycles. The zero-order chi connectivity index (χ0) is 17.7. The SMILES string of the molecule is C[C@H](OC(=O)[C@H](O)c1ccccc1)C(=O)Nc1cc(Cl)ccc1Cl. The number of aliphatic hydroxyl groups is 1. The maximum atomic E-state index is 12.1. The van der Waals surface area contributed by atoms with Crippen molar-refractivity contribution in [1.29, 1.82) is 0 Å². The fourth-order valence-corrected chi connectivity index (χ4v) is 2.23. The Morgan fingerprint density at radius 3 is 2.46 bits per heavy atom. The van der Waals surface area contributed by atoms with E-state index in [1.807, 2.05) is 0 Å². The Morgan fingerprint density at radius 2 is 1.79 bits per heavy atom. The Kier molecular flexibility index (Phi) is 6.20. The van der Waals surface area contributed by atoms with Crippen molar-refractivity contribution >= 4 is 40.8 Å². The summed E-state index contributed by atoms with van der Waals surface area (Å²) in [7, 11) is 0. The van der Waals surface area contributed by atoms with Gasteiger partial charge in [0.1, 0.15) is 0 Å². The van der Waals surface area contributed by atoms with Gasteiger partial charge in [0.2, 0.25) is 0 Å². The Labute approximate surface area is 149 Å². The van der Waals surface area contributed by atoms with Crippen LogP contribution in [-0.4, -0.2) is 23.1 Å². The quantitative estimate of drug-likeness (QED) is 0.791. The number of hydrogen-bond donors (Lipinski definition) is 2. The zero-order valence-electron chi connectivity index (χ0n) is 12.7. The molecule has 0 saturated heterocycles. The van der Waals surface area contributed by atoms with Crippen LogP contribution in [-0.2, 0) is 14.3 Å². The normalized spacial score (nSPS) is 13.0. The lowest BCUT2D eigenvalue weighted by atomic mass is 10.1. The summed E-state index contributed by atoms with van der Waals surface area (Å²) in [5.41, 5.74) is 0.689. The molecule has 7 heteroatoms. The Balaban J connectivity index is 1.98. The standard InChI is InChI=1S/C17H15Cl2NO4/c1-10(16(22)20-14-9-12(18)7-8-13(14)19)24-17(23)15(21)11-5-3-2-4-6-11/h2-10,15,21H,1H3,(H,20,22)/t10-,15+/m0/s1. The molecule has 0 aromatic heterocycles. The minimum Gasteiger partial charge on any atom is -0.450 e. The first-order valence-corrected chi connectivity index (χ1v) is 7.83. The number of benzene rings is 2. The molecule has 0 saturated carbocycles. The lowest BCUT2D eigenvalue weighted by Crippen LogP contribution is -2.31. The molecule has 5 nitrogen and oxygen atoms in total. The lowest BCUT2D eigenvalue weighted by Gasteiger charge is -2.16. The molecule has 0 aliphatic heterocycles. The van der Waals surface area contributed by atoms with Crippen LogP contribution < -0.4 is 5.32 Å². The van der Waals surface area contributed by atoms with Gasteiger partial charge in [-0.15, -0.1) is 0 Å². The van der Waals surface area contributed by atoms with E-state index in [-0.39, 0.29) is 0 Å². The molecule has 0 unspecified atom stereocenters. The van der Waals surface area contributed by atoms with Gasteiger partial charge < -0.3 is 15.2 Å². The van der Waals surface area contributed by atoms with Crippen LogP contribution in [0.2, 0.25) is 10.0 Å². The maximum absolute atomic E-state index is 12.1.